The van der Waals surface area contributed by atoms with Crippen LogP contribution in [0, 0.1) is 0 Å². The highest BCUT2D eigenvalue weighted by molar-refractivity contribution is 5.99. The lowest BCUT2D eigenvalue weighted by Gasteiger charge is -2.35. The molecule has 2 fully saturated rings. The van der Waals surface area contributed by atoms with Gasteiger partial charge in [-0.05, 0) is 56.4 Å². The zero-order valence-electron chi connectivity index (χ0n) is 17.7. The van der Waals surface area contributed by atoms with Crippen LogP contribution in [0.1, 0.15) is 68.6 Å². The van der Waals surface area contributed by atoms with Gasteiger partial charge in [0.15, 0.2) is 0 Å². The standard InChI is InChI=1S/C23H32N2O5/c1-2-3-15-29-18-11-9-17(10-12-18)23(28)25-14-13-24-22(27)20(25)16-21(26)30-19-7-5-4-6-8-19/h9-12,19-20H,2-8,13-16H2,1H3,(H,24,27)/t20-/m0/s1. The van der Waals surface area contributed by atoms with Gasteiger partial charge in [0, 0.05) is 18.7 Å². The molecule has 0 bridgehead atoms. The molecule has 2 aliphatic rings. The van der Waals surface area contributed by atoms with Crippen LogP contribution in [0.5, 0.6) is 5.75 Å². The van der Waals surface area contributed by atoms with Crippen molar-refractivity contribution in [3.63, 3.8) is 0 Å². The minimum absolute atomic E-state index is 0.0673. The van der Waals surface area contributed by atoms with Crippen molar-refractivity contribution in [2.45, 2.75) is 70.4 Å². The number of piperazine rings is 1. The Morgan fingerprint density at radius 2 is 1.87 bits per heavy atom. The number of amides is 2. The van der Waals surface area contributed by atoms with E-state index in [4.69, 9.17) is 9.47 Å². The predicted octanol–water partition coefficient (Wildman–Crippen LogP) is 3.07. The fourth-order valence-electron chi connectivity index (χ4n) is 3.93. The summed E-state index contributed by atoms with van der Waals surface area (Å²) in [4.78, 5) is 39.4. The number of unbranched alkanes of at least 4 members (excludes halogenated alkanes) is 1. The maximum Gasteiger partial charge on any atom is 0.308 e. The van der Waals surface area contributed by atoms with E-state index in [2.05, 4.69) is 12.2 Å². The van der Waals surface area contributed by atoms with Gasteiger partial charge in [0.05, 0.1) is 13.0 Å². The first-order valence-electron chi connectivity index (χ1n) is 11.1. The van der Waals surface area contributed by atoms with Crippen molar-refractivity contribution in [3.8, 4) is 5.75 Å². The summed E-state index contributed by atoms with van der Waals surface area (Å²) in [6.45, 7) is 3.47. The van der Waals surface area contributed by atoms with Crippen LogP contribution in [0.4, 0.5) is 0 Å². The SMILES string of the molecule is CCCCOc1ccc(C(=O)N2CCNC(=O)[C@@H]2CC(=O)OC2CCCCC2)cc1. The number of benzene rings is 1. The summed E-state index contributed by atoms with van der Waals surface area (Å²) in [6, 6.07) is 6.09. The van der Waals surface area contributed by atoms with Crippen LogP contribution in [0.15, 0.2) is 24.3 Å². The number of nitrogens with one attached hydrogen (secondary N) is 1. The molecular weight excluding hydrogens is 384 g/mol. The number of carbonyl (C=O) groups is 3. The van der Waals surface area contributed by atoms with Gasteiger partial charge in [-0.25, -0.2) is 0 Å². The molecule has 0 aromatic heterocycles. The van der Waals surface area contributed by atoms with Crippen molar-refractivity contribution in [1.82, 2.24) is 10.2 Å². The fraction of sp³-hybridized carbons (Fsp3) is 0.609. The molecule has 1 aromatic carbocycles. The van der Waals surface area contributed by atoms with E-state index in [0.717, 1.165) is 38.5 Å². The van der Waals surface area contributed by atoms with Crippen LogP contribution in [0.25, 0.3) is 0 Å². The highest BCUT2D eigenvalue weighted by atomic mass is 16.5. The van der Waals surface area contributed by atoms with Crippen molar-refractivity contribution < 1.29 is 23.9 Å². The van der Waals surface area contributed by atoms with Gasteiger partial charge in [-0.2, -0.15) is 0 Å². The molecule has 2 amide bonds. The van der Waals surface area contributed by atoms with Gasteiger partial charge in [0.1, 0.15) is 17.9 Å². The Kier molecular flexibility index (Phi) is 8.11. The highest BCUT2D eigenvalue weighted by Crippen LogP contribution is 2.22. The van der Waals surface area contributed by atoms with Crippen LogP contribution in [0.3, 0.4) is 0 Å². The monoisotopic (exact) mass is 416 g/mol. The molecule has 1 saturated carbocycles. The molecule has 1 saturated heterocycles. The van der Waals surface area contributed by atoms with E-state index in [-0.39, 0.29) is 24.3 Å². The minimum atomic E-state index is -0.845. The van der Waals surface area contributed by atoms with Crippen molar-refractivity contribution in [2.24, 2.45) is 0 Å². The third-order valence-electron chi connectivity index (χ3n) is 5.67. The van der Waals surface area contributed by atoms with E-state index < -0.39 is 12.0 Å². The van der Waals surface area contributed by atoms with Gasteiger partial charge in [-0.15, -0.1) is 0 Å². The molecule has 1 aliphatic heterocycles. The van der Waals surface area contributed by atoms with Crippen LogP contribution in [-0.4, -0.2) is 54.5 Å². The van der Waals surface area contributed by atoms with E-state index in [1.54, 1.807) is 24.3 Å². The van der Waals surface area contributed by atoms with Crippen LogP contribution >= 0.6 is 0 Å². The molecule has 1 aromatic rings. The second-order valence-corrected chi connectivity index (χ2v) is 7.99. The predicted molar refractivity (Wildman–Crippen MR) is 112 cm³/mol. The largest absolute Gasteiger partial charge is 0.494 e. The second-order valence-electron chi connectivity index (χ2n) is 7.99. The molecule has 164 valence electrons. The quantitative estimate of drug-likeness (QED) is 0.520. The average molecular weight is 417 g/mol. The molecule has 1 atom stereocenters. The van der Waals surface area contributed by atoms with Gasteiger partial charge < -0.3 is 19.7 Å². The molecule has 1 heterocycles. The number of hydrogen-bond acceptors (Lipinski definition) is 5. The molecule has 0 unspecified atom stereocenters. The molecule has 0 radical (unpaired) electrons. The lowest BCUT2D eigenvalue weighted by molar-refractivity contribution is -0.153. The van der Waals surface area contributed by atoms with Gasteiger partial charge in [-0.3, -0.25) is 14.4 Å². The number of rotatable bonds is 8. The third kappa shape index (κ3) is 5.97. The molecular formula is C23H32N2O5. The summed E-state index contributed by atoms with van der Waals surface area (Å²) in [5.74, 6) is -0.277. The Morgan fingerprint density at radius 1 is 1.13 bits per heavy atom. The first-order valence-corrected chi connectivity index (χ1v) is 11.1. The van der Waals surface area contributed by atoms with Crippen molar-refractivity contribution >= 4 is 17.8 Å². The van der Waals surface area contributed by atoms with E-state index in [9.17, 15) is 14.4 Å². The topological polar surface area (TPSA) is 84.9 Å². The van der Waals surface area contributed by atoms with Crippen molar-refractivity contribution in [1.29, 1.82) is 0 Å². The van der Waals surface area contributed by atoms with Gasteiger partial charge in [-0.1, -0.05) is 19.8 Å². The van der Waals surface area contributed by atoms with E-state index in [1.807, 2.05) is 0 Å². The number of carbonyl (C=O) groups excluding carboxylic acids is 3. The molecule has 1 N–H and O–H groups in total. The summed E-state index contributed by atoms with van der Waals surface area (Å²) >= 11 is 0. The number of nitrogens with zero attached hydrogens (tertiary/aromatic N) is 1. The Hall–Kier alpha value is -2.57. The normalized spacial score (nSPS) is 19.8. The maximum atomic E-state index is 13.1. The zero-order valence-corrected chi connectivity index (χ0v) is 17.7. The molecule has 3 rings (SSSR count). The van der Waals surface area contributed by atoms with Gasteiger partial charge in [0.25, 0.3) is 5.91 Å². The Morgan fingerprint density at radius 3 is 2.57 bits per heavy atom. The Labute approximate surface area is 178 Å². The second kappa shape index (κ2) is 11.0. The van der Waals surface area contributed by atoms with Crippen LogP contribution in [-0.2, 0) is 14.3 Å². The first-order chi connectivity index (χ1) is 14.6. The Bertz CT molecular complexity index is 728. The van der Waals surface area contributed by atoms with Crippen molar-refractivity contribution in [3.05, 3.63) is 29.8 Å². The van der Waals surface area contributed by atoms with E-state index in [1.165, 1.54) is 11.3 Å². The summed E-state index contributed by atoms with van der Waals surface area (Å²) < 4.78 is 11.2. The van der Waals surface area contributed by atoms with Crippen molar-refractivity contribution in [2.75, 3.05) is 19.7 Å². The van der Waals surface area contributed by atoms with E-state index in [0.29, 0.717) is 31.0 Å². The van der Waals surface area contributed by atoms with E-state index >= 15 is 0 Å². The summed E-state index contributed by atoms with van der Waals surface area (Å²) in [5, 5.41) is 2.75. The third-order valence-corrected chi connectivity index (χ3v) is 5.67. The number of esters is 1. The number of ether oxygens (including phenoxy) is 2. The van der Waals surface area contributed by atoms with Crippen LogP contribution in [0.2, 0.25) is 0 Å². The van der Waals surface area contributed by atoms with Gasteiger partial charge in [0.2, 0.25) is 5.91 Å². The smallest absolute Gasteiger partial charge is 0.308 e. The molecule has 30 heavy (non-hydrogen) atoms. The number of hydrogen-bond donors (Lipinski definition) is 1. The Balaban J connectivity index is 1.62. The van der Waals surface area contributed by atoms with Crippen LogP contribution < -0.4 is 10.1 Å². The summed E-state index contributed by atoms with van der Waals surface area (Å²) in [5.41, 5.74) is 0.471. The molecule has 1 aliphatic carbocycles. The fourth-order valence-corrected chi connectivity index (χ4v) is 3.93. The zero-order chi connectivity index (χ0) is 21.3. The average Bonchev–Trinajstić information content (AvgIpc) is 2.76. The minimum Gasteiger partial charge on any atom is -0.494 e. The molecule has 0 spiro atoms. The summed E-state index contributed by atoms with van der Waals surface area (Å²) in [7, 11) is 0. The summed E-state index contributed by atoms with van der Waals surface area (Å²) in [6.07, 6.45) is 6.88. The van der Waals surface area contributed by atoms with Gasteiger partial charge >= 0.3 is 5.97 Å². The lowest BCUT2D eigenvalue weighted by atomic mass is 9.98. The maximum absolute atomic E-state index is 13.1. The lowest BCUT2D eigenvalue weighted by Crippen LogP contribution is -2.58. The molecule has 7 nitrogen and oxygen atoms in total. The first kappa shape index (κ1) is 22.1. The highest BCUT2D eigenvalue weighted by Gasteiger charge is 2.36. The molecule has 7 heteroatoms.